The van der Waals surface area contributed by atoms with E-state index in [-0.39, 0.29) is 18.3 Å². The van der Waals surface area contributed by atoms with Crippen LogP contribution in [0.1, 0.15) is 11.7 Å². The lowest BCUT2D eigenvalue weighted by atomic mass is 10.1. The van der Waals surface area contributed by atoms with Gasteiger partial charge >= 0.3 is 6.18 Å². The quantitative estimate of drug-likeness (QED) is 0.605. The van der Waals surface area contributed by atoms with Gasteiger partial charge in [0.2, 0.25) is 0 Å². The van der Waals surface area contributed by atoms with Crippen molar-refractivity contribution in [1.82, 2.24) is 0 Å². The second-order valence-corrected chi connectivity index (χ2v) is 3.77. The lowest BCUT2D eigenvalue weighted by molar-refractivity contribution is -0.224. The summed E-state index contributed by atoms with van der Waals surface area (Å²) in [4.78, 5) is 0. The van der Waals surface area contributed by atoms with Gasteiger partial charge in [-0.05, 0) is 17.7 Å². The summed E-state index contributed by atoms with van der Waals surface area (Å²) >= 11 is 0. The fourth-order valence-electron chi connectivity index (χ4n) is 1.42. The van der Waals surface area contributed by atoms with Crippen molar-refractivity contribution in [2.24, 2.45) is 0 Å². The summed E-state index contributed by atoms with van der Waals surface area (Å²) < 4.78 is 60.6. The van der Waals surface area contributed by atoms with Crippen LogP contribution in [0.3, 0.4) is 0 Å². The van der Waals surface area contributed by atoms with E-state index in [1.807, 2.05) is 0 Å². The second-order valence-electron chi connectivity index (χ2n) is 3.77. The molecule has 17 heavy (non-hydrogen) atoms. The highest BCUT2D eigenvalue weighted by atomic mass is 19.4. The molecule has 1 aliphatic heterocycles. The van der Waals surface area contributed by atoms with E-state index in [0.717, 1.165) is 12.1 Å². The smallest absolute Gasteiger partial charge is 0.371 e. The monoisotopic (exact) mass is 250 g/mol. The molecule has 94 valence electrons. The molecule has 0 amide bonds. The minimum absolute atomic E-state index is 0.138. The summed E-state index contributed by atoms with van der Waals surface area (Å²) in [6.45, 7) is 0.272. The first kappa shape index (κ1) is 12.3. The molecule has 1 fully saturated rings. The highest BCUT2D eigenvalue weighted by Crippen LogP contribution is 2.36. The Labute approximate surface area is 95.1 Å². The number of alkyl halides is 3. The molecule has 2 atom stereocenters. The number of benzene rings is 1. The van der Waals surface area contributed by atoms with Gasteiger partial charge in [0.1, 0.15) is 11.9 Å². The fourth-order valence-corrected chi connectivity index (χ4v) is 1.42. The third-order valence-corrected chi connectivity index (χ3v) is 2.30. The Hall–Kier alpha value is -1.14. The van der Waals surface area contributed by atoms with Crippen molar-refractivity contribution >= 4 is 0 Å². The van der Waals surface area contributed by atoms with Crippen LogP contribution >= 0.6 is 0 Å². The molecule has 0 unspecified atom stereocenters. The Morgan fingerprint density at radius 1 is 1.41 bits per heavy atom. The van der Waals surface area contributed by atoms with Gasteiger partial charge in [-0.2, -0.15) is 13.2 Å². The first-order chi connectivity index (χ1) is 7.97. The van der Waals surface area contributed by atoms with Crippen LogP contribution in [-0.2, 0) is 9.47 Å². The molecule has 0 aromatic heterocycles. The highest BCUT2D eigenvalue weighted by molar-refractivity contribution is 5.20. The molecule has 0 N–H and O–H groups in total. The van der Waals surface area contributed by atoms with Crippen LogP contribution in [0.25, 0.3) is 0 Å². The molecule has 0 saturated carbocycles. The average molecular weight is 250 g/mol. The van der Waals surface area contributed by atoms with Crippen LogP contribution in [0.2, 0.25) is 0 Å². The Kier molecular flexibility index (Phi) is 3.35. The minimum Gasteiger partial charge on any atom is -0.371 e. The minimum atomic E-state index is -4.57. The topological polar surface area (TPSA) is 21.8 Å². The van der Waals surface area contributed by atoms with Gasteiger partial charge in [0.15, 0.2) is 6.10 Å². The maximum atomic E-state index is 12.9. The Morgan fingerprint density at radius 3 is 2.65 bits per heavy atom. The largest absolute Gasteiger partial charge is 0.418 e. The van der Waals surface area contributed by atoms with Gasteiger partial charge in [-0.3, -0.25) is 0 Å². The summed E-state index contributed by atoms with van der Waals surface area (Å²) in [5, 5.41) is 0. The van der Waals surface area contributed by atoms with E-state index < -0.39 is 18.1 Å². The maximum Gasteiger partial charge on any atom is 0.418 e. The van der Waals surface area contributed by atoms with E-state index in [1.54, 1.807) is 0 Å². The predicted octanol–water partition coefficient (Wildman–Crippen LogP) is 2.84. The van der Waals surface area contributed by atoms with Gasteiger partial charge in [-0.15, -0.1) is 0 Å². The van der Waals surface area contributed by atoms with Crippen molar-refractivity contribution < 1.29 is 27.0 Å². The molecule has 6 heteroatoms. The van der Waals surface area contributed by atoms with E-state index in [1.165, 1.54) is 12.1 Å². The van der Waals surface area contributed by atoms with Crippen LogP contribution < -0.4 is 0 Å². The van der Waals surface area contributed by atoms with Crippen LogP contribution in [-0.4, -0.2) is 25.5 Å². The highest BCUT2D eigenvalue weighted by Gasteiger charge is 2.43. The zero-order valence-corrected chi connectivity index (χ0v) is 8.71. The van der Waals surface area contributed by atoms with E-state index in [2.05, 4.69) is 0 Å². The van der Waals surface area contributed by atoms with Crippen LogP contribution in [0.15, 0.2) is 24.3 Å². The zero-order chi connectivity index (χ0) is 12.5. The van der Waals surface area contributed by atoms with Crippen molar-refractivity contribution in [3.05, 3.63) is 35.6 Å². The molecule has 1 aliphatic rings. The normalized spacial score (nSPS) is 21.3. The molecule has 1 aromatic rings. The van der Waals surface area contributed by atoms with Crippen LogP contribution in [0.5, 0.6) is 0 Å². The summed E-state index contributed by atoms with van der Waals surface area (Å²) in [6, 6.07) is 4.32. The molecule has 1 saturated heterocycles. The van der Waals surface area contributed by atoms with Gasteiger partial charge in [0.25, 0.3) is 0 Å². The van der Waals surface area contributed by atoms with E-state index in [0.29, 0.717) is 6.61 Å². The third kappa shape index (κ3) is 3.41. The van der Waals surface area contributed by atoms with Gasteiger partial charge < -0.3 is 9.47 Å². The number of ether oxygens (including phenoxy) is 2. The van der Waals surface area contributed by atoms with Crippen molar-refractivity contribution in [1.29, 1.82) is 0 Å². The summed E-state index contributed by atoms with van der Waals surface area (Å²) in [5.41, 5.74) is -0.238. The van der Waals surface area contributed by atoms with Gasteiger partial charge in [-0.1, -0.05) is 12.1 Å². The van der Waals surface area contributed by atoms with Gasteiger partial charge in [0, 0.05) is 0 Å². The van der Waals surface area contributed by atoms with Crippen molar-refractivity contribution in [2.45, 2.75) is 18.4 Å². The predicted molar refractivity (Wildman–Crippen MR) is 50.9 cm³/mol. The number of hydrogen-bond acceptors (Lipinski definition) is 2. The molecule has 2 rings (SSSR count). The van der Waals surface area contributed by atoms with E-state index in [9.17, 15) is 17.6 Å². The first-order valence-corrected chi connectivity index (χ1v) is 5.02. The molecule has 0 spiro atoms. The number of hydrogen-bond donors (Lipinski definition) is 0. The zero-order valence-electron chi connectivity index (χ0n) is 8.71. The molecular weight excluding hydrogens is 240 g/mol. The fraction of sp³-hybridized carbons (Fsp3) is 0.455. The molecule has 1 heterocycles. The first-order valence-electron chi connectivity index (χ1n) is 5.02. The maximum absolute atomic E-state index is 12.9. The van der Waals surface area contributed by atoms with Gasteiger partial charge in [-0.25, -0.2) is 4.39 Å². The second kappa shape index (κ2) is 4.62. The molecule has 0 radical (unpaired) electrons. The SMILES string of the molecule is Fc1cccc([C@@H](OC[C@H]2CO2)C(F)(F)F)c1. The van der Waals surface area contributed by atoms with Crippen molar-refractivity contribution in [2.75, 3.05) is 13.2 Å². The van der Waals surface area contributed by atoms with Crippen LogP contribution in [0.4, 0.5) is 17.6 Å². The van der Waals surface area contributed by atoms with Crippen LogP contribution in [0, 0.1) is 5.82 Å². The summed E-state index contributed by atoms with van der Waals surface area (Å²) in [7, 11) is 0. The van der Waals surface area contributed by atoms with E-state index >= 15 is 0 Å². The summed E-state index contributed by atoms with van der Waals surface area (Å²) in [5.74, 6) is -0.719. The van der Waals surface area contributed by atoms with Gasteiger partial charge in [0.05, 0.1) is 13.2 Å². The average Bonchev–Trinajstić information content (AvgIpc) is 3.00. The summed E-state index contributed by atoms with van der Waals surface area (Å²) in [6.07, 6.45) is -6.95. The Morgan fingerprint density at radius 2 is 2.12 bits per heavy atom. The Balaban J connectivity index is 2.13. The van der Waals surface area contributed by atoms with Crippen molar-refractivity contribution in [3.63, 3.8) is 0 Å². The molecule has 1 aromatic carbocycles. The number of rotatable bonds is 4. The van der Waals surface area contributed by atoms with E-state index in [4.69, 9.17) is 9.47 Å². The third-order valence-electron chi connectivity index (χ3n) is 2.30. The van der Waals surface area contributed by atoms with Crippen molar-refractivity contribution in [3.8, 4) is 0 Å². The Bertz CT molecular complexity index is 387. The standard InChI is InChI=1S/C11H10F4O2/c12-8-3-1-2-7(4-8)10(11(13,14)15)17-6-9-5-16-9/h1-4,9-10H,5-6H2/t9-,10-/m1/s1. The molecule has 0 aliphatic carbocycles. The number of halogens is 4. The lowest BCUT2D eigenvalue weighted by Gasteiger charge is -2.20. The molecular formula is C11H10F4O2. The number of epoxide rings is 1. The lowest BCUT2D eigenvalue weighted by Crippen LogP contribution is -2.25. The molecule has 2 nitrogen and oxygen atoms in total. The molecule has 0 bridgehead atoms.